The minimum absolute atomic E-state index is 0.00709. The van der Waals surface area contributed by atoms with Crippen LogP contribution in [0.1, 0.15) is 11.1 Å². The fourth-order valence-corrected chi connectivity index (χ4v) is 11.3. The molecular formula is C45H33N9O18S5. The monoisotopic (exact) mass is 1150 g/mol. The number of azo groups is 3. The maximum Gasteiger partial charge on any atom is 0.296 e. The third kappa shape index (κ3) is 10.6. The van der Waals surface area contributed by atoms with Crippen molar-refractivity contribution in [2.45, 2.75) is 38.3 Å². The average molecular weight is 1150 g/mol. The molecule has 1 aromatic heterocycles. The van der Waals surface area contributed by atoms with Gasteiger partial charge in [-0.3, -0.25) is 22.8 Å². The zero-order valence-electron chi connectivity index (χ0n) is 39.0. The molecule has 0 spiro atoms. The largest absolute Gasteiger partial charge is 0.506 e. The number of phenols is 2. The van der Waals surface area contributed by atoms with Crippen molar-refractivity contribution in [2.24, 2.45) is 30.7 Å². The van der Waals surface area contributed by atoms with E-state index in [9.17, 15) is 75.1 Å². The Morgan fingerprint density at radius 2 is 1.01 bits per heavy atom. The summed E-state index contributed by atoms with van der Waals surface area (Å²) in [4.78, 5) is -3.15. The van der Waals surface area contributed by atoms with Crippen molar-refractivity contribution < 1.29 is 79.8 Å². The van der Waals surface area contributed by atoms with Gasteiger partial charge in [-0.05, 0) is 115 Å². The van der Waals surface area contributed by atoms with E-state index in [1.807, 2.05) is 0 Å². The van der Waals surface area contributed by atoms with Gasteiger partial charge in [0.1, 0.15) is 54.3 Å². The highest BCUT2D eigenvalue weighted by Gasteiger charge is 2.26. The molecule has 0 unspecified atom stereocenters. The summed E-state index contributed by atoms with van der Waals surface area (Å²) in [5, 5.41) is 55.4. The van der Waals surface area contributed by atoms with Crippen molar-refractivity contribution in [2.75, 3.05) is 7.11 Å². The van der Waals surface area contributed by atoms with Gasteiger partial charge >= 0.3 is 0 Å². The topological polar surface area (TPSA) is 426 Å². The summed E-state index contributed by atoms with van der Waals surface area (Å²) in [6.45, 7) is 3.36. The highest BCUT2D eigenvalue weighted by atomic mass is 32.2. The number of ether oxygens (including phenoxy) is 1. The van der Waals surface area contributed by atoms with Crippen molar-refractivity contribution in [3.05, 3.63) is 114 Å². The Balaban J connectivity index is 0.993. The quantitative estimate of drug-likeness (QED) is 0.0417. The van der Waals surface area contributed by atoms with Crippen LogP contribution in [0.25, 0.3) is 49.0 Å². The Bertz CT molecular complexity index is 4760. The molecule has 0 saturated carbocycles. The molecular weight excluding hydrogens is 1110 g/mol. The Labute approximate surface area is 433 Å². The lowest BCUT2D eigenvalue weighted by atomic mass is 10.1. The number of hydrogen-bond donors (Lipinski definition) is 7. The number of nitrogens with zero attached hydrogens (tertiary/aromatic N) is 9. The first-order valence-electron chi connectivity index (χ1n) is 21.3. The van der Waals surface area contributed by atoms with Gasteiger partial charge in [0.2, 0.25) is 0 Å². The summed E-state index contributed by atoms with van der Waals surface area (Å²) in [5.74, 6) is -1.38. The van der Waals surface area contributed by atoms with Gasteiger partial charge in [-0.25, -0.2) is 0 Å². The second kappa shape index (κ2) is 19.1. The number of aromatic hydroxyl groups is 2. The Kier molecular flexibility index (Phi) is 13.2. The van der Waals surface area contributed by atoms with Crippen LogP contribution in [-0.2, 0) is 50.6 Å². The molecule has 0 aliphatic carbocycles. The van der Waals surface area contributed by atoms with Gasteiger partial charge in [0.15, 0.2) is 5.75 Å². The molecule has 9 rings (SSSR count). The third-order valence-corrected chi connectivity index (χ3v) is 15.9. The predicted molar refractivity (Wildman–Crippen MR) is 272 cm³/mol. The Hall–Kier alpha value is -8.31. The van der Waals surface area contributed by atoms with Gasteiger partial charge in [-0.15, -0.1) is 25.5 Å². The van der Waals surface area contributed by atoms with Crippen LogP contribution in [0.4, 0.5) is 34.1 Å². The first-order chi connectivity index (χ1) is 35.9. The molecule has 0 bridgehead atoms. The number of aromatic nitrogens is 3. The normalized spacial score (nSPS) is 13.1. The molecule has 0 saturated heterocycles. The molecule has 0 aliphatic heterocycles. The molecule has 7 N–H and O–H groups in total. The number of phenolic OH excluding ortho intramolecular Hbond substituents is 2. The SMILES string of the molecule is COc1cc(N=Nc2c(S(=O)(=O)O)cc3cc(-n4nc5ccc6c(S(=O)(=O)O)cc(S(=O)(=O)O)cc6c5n4)ccc3c2O)c(O)cc1N=Nc1cc(C)c(N=Nc2ccc3c(S(=O)(=O)O)cc(S(=O)(=O)O)cc3c2)cc1C. The highest BCUT2D eigenvalue weighted by molar-refractivity contribution is 7.87. The van der Waals surface area contributed by atoms with E-state index in [1.165, 1.54) is 61.7 Å². The first kappa shape index (κ1) is 53.5. The highest BCUT2D eigenvalue weighted by Crippen LogP contribution is 2.45. The van der Waals surface area contributed by atoms with Gasteiger partial charge in [0.25, 0.3) is 50.6 Å². The fourth-order valence-electron chi connectivity index (χ4n) is 7.90. The number of aryl methyl sites for hydroxylation is 2. The van der Waals surface area contributed by atoms with Crippen LogP contribution in [0, 0.1) is 13.8 Å². The molecule has 0 radical (unpaired) electrons. The van der Waals surface area contributed by atoms with Gasteiger partial charge < -0.3 is 14.9 Å². The van der Waals surface area contributed by atoms with Crippen LogP contribution in [0.15, 0.2) is 158 Å². The summed E-state index contributed by atoms with van der Waals surface area (Å²) in [5.41, 5.74) is 0.936. The lowest BCUT2D eigenvalue weighted by Gasteiger charge is -2.10. The molecule has 27 nitrogen and oxygen atoms in total. The lowest BCUT2D eigenvalue weighted by molar-refractivity contribution is 0.413. The van der Waals surface area contributed by atoms with Gasteiger partial charge in [0.05, 0.1) is 39.7 Å². The van der Waals surface area contributed by atoms with Crippen LogP contribution in [-0.4, -0.2) is 97.2 Å². The van der Waals surface area contributed by atoms with Crippen LogP contribution < -0.4 is 4.74 Å². The molecule has 9 aromatic rings. The zero-order valence-corrected chi connectivity index (χ0v) is 43.1. The van der Waals surface area contributed by atoms with E-state index in [0.717, 1.165) is 29.1 Å². The maximum absolute atomic E-state index is 12.8. The summed E-state index contributed by atoms with van der Waals surface area (Å²) >= 11 is 0. The number of rotatable bonds is 13. The minimum atomic E-state index is -5.18. The molecule has 0 atom stereocenters. The van der Waals surface area contributed by atoms with E-state index in [2.05, 4.69) is 40.9 Å². The van der Waals surface area contributed by atoms with E-state index in [1.54, 1.807) is 26.0 Å². The predicted octanol–water partition coefficient (Wildman–Crippen LogP) is 9.40. The molecule has 77 heavy (non-hydrogen) atoms. The van der Waals surface area contributed by atoms with Gasteiger partial charge in [-0.1, -0.05) is 12.1 Å². The first-order valence-corrected chi connectivity index (χ1v) is 28.5. The molecule has 1 heterocycles. The van der Waals surface area contributed by atoms with Crippen LogP contribution >= 0.6 is 0 Å². The molecule has 0 aliphatic rings. The number of hydrogen-bond acceptors (Lipinski definition) is 21. The number of methoxy groups -OCH3 is 1. The van der Waals surface area contributed by atoms with E-state index >= 15 is 0 Å². The van der Waals surface area contributed by atoms with Crippen molar-refractivity contribution in [3.63, 3.8) is 0 Å². The van der Waals surface area contributed by atoms with E-state index in [-0.39, 0.29) is 71.8 Å². The molecule has 396 valence electrons. The summed E-state index contributed by atoms with van der Waals surface area (Å²) < 4.78 is 176. The van der Waals surface area contributed by atoms with Crippen molar-refractivity contribution in [1.82, 2.24) is 15.0 Å². The van der Waals surface area contributed by atoms with E-state index in [4.69, 9.17) is 4.74 Å². The minimum Gasteiger partial charge on any atom is -0.506 e. The number of benzene rings is 8. The smallest absolute Gasteiger partial charge is 0.296 e. The van der Waals surface area contributed by atoms with Crippen LogP contribution in [0.3, 0.4) is 0 Å². The summed E-state index contributed by atoms with van der Waals surface area (Å²) in [6, 6.07) is 20.0. The zero-order chi connectivity index (χ0) is 55.9. The second-order valence-corrected chi connectivity index (χ2v) is 23.7. The van der Waals surface area contributed by atoms with Crippen molar-refractivity contribution in [1.29, 1.82) is 0 Å². The molecule has 8 aromatic carbocycles. The molecule has 32 heteroatoms. The van der Waals surface area contributed by atoms with Crippen LogP contribution in [0.2, 0.25) is 0 Å². The van der Waals surface area contributed by atoms with Crippen molar-refractivity contribution in [3.8, 4) is 22.9 Å². The summed E-state index contributed by atoms with van der Waals surface area (Å²) in [6.07, 6.45) is 0. The maximum atomic E-state index is 12.8. The Morgan fingerprint density at radius 3 is 1.62 bits per heavy atom. The van der Waals surface area contributed by atoms with Gasteiger partial charge in [0, 0.05) is 33.7 Å². The summed E-state index contributed by atoms with van der Waals surface area (Å²) in [7, 11) is -23.7. The molecule has 0 amide bonds. The molecule has 0 fully saturated rings. The van der Waals surface area contributed by atoms with E-state index < -0.39 is 92.3 Å². The Morgan fingerprint density at radius 1 is 0.468 bits per heavy atom. The second-order valence-electron chi connectivity index (χ2n) is 16.7. The fraction of sp³-hybridized carbons (Fsp3) is 0.0667. The van der Waals surface area contributed by atoms with E-state index in [0.29, 0.717) is 34.6 Å². The standard InChI is InChI=1S/C45H33N9O18S5/c1-21-11-35(22(2)10-34(21)47-46-25-4-6-29-23(12-25)14-27(73(57,58)59)17-40(29)75(63,64)65)48-50-37-19-38(55)36(20-39(37)72-3)49-51-44-42(77(69,70)71)15-24-13-26(5-7-30(24)45(44)56)54-52-33-9-8-31-32(43(33)53-54)16-28(74(60,61)62)18-41(31)76(66,67)68/h4-20,55-56H,1-3H3,(H,57,58,59)(H,60,61,62)(H,63,64,65)(H,66,67,68)(H,69,70,71). The van der Waals surface area contributed by atoms with Crippen LogP contribution in [0.5, 0.6) is 17.2 Å². The lowest BCUT2D eigenvalue weighted by Crippen LogP contribution is -2.04. The number of fused-ring (bicyclic) bond motifs is 5. The third-order valence-electron chi connectivity index (χ3n) is 11.6. The average Bonchev–Trinajstić information content (AvgIpc) is 3.79. The van der Waals surface area contributed by atoms with Crippen molar-refractivity contribution >= 4 is 128 Å². The van der Waals surface area contributed by atoms with Gasteiger partial charge in [-0.2, -0.15) is 62.2 Å².